The third-order valence-corrected chi connectivity index (χ3v) is 3.23. The Hall–Kier alpha value is -2.01. The summed E-state index contributed by atoms with van der Waals surface area (Å²) in [4.78, 5) is 12.2. The molecule has 0 spiro atoms. The van der Waals surface area contributed by atoms with Gasteiger partial charge in [0.05, 0.1) is 11.2 Å². The minimum absolute atomic E-state index is 0.162. The molecule has 1 atom stereocenters. The van der Waals surface area contributed by atoms with Crippen LogP contribution in [0.3, 0.4) is 0 Å². The van der Waals surface area contributed by atoms with Gasteiger partial charge < -0.3 is 10.1 Å². The molecule has 0 bridgehead atoms. The summed E-state index contributed by atoms with van der Waals surface area (Å²) >= 11 is 6.01. The number of nitrogens with one attached hydrogen (secondary N) is 1. The van der Waals surface area contributed by atoms with E-state index in [4.69, 9.17) is 16.3 Å². The molecule has 2 aromatic rings. The molecule has 0 saturated heterocycles. The topological polar surface area (TPSA) is 56.1 Å². The average Bonchev–Trinajstić information content (AvgIpc) is 2.89. The van der Waals surface area contributed by atoms with Gasteiger partial charge in [-0.3, -0.25) is 4.79 Å². The van der Waals surface area contributed by atoms with Crippen molar-refractivity contribution >= 4 is 23.3 Å². The van der Waals surface area contributed by atoms with E-state index in [1.807, 2.05) is 13.8 Å². The van der Waals surface area contributed by atoms with Crippen LogP contribution in [0.2, 0.25) is 5.02 Å². The lowest BCUT2D eigenvalue weighted by Crippen LogP contribution is -2.31. The summed E-state index contributed by atoms with van der Waals surface area (Å²) < 4.78 is 7.32. The standard InChI is InChI=1S/C15H18ClN3O2/c1-10(2)19-14(8-9-17-19)18-15(20)11(3)21-13-7-5-4-6-12(13)16/h4-11H,1-3H3,(H,18,20). The number of benzene rings is 1. The van der Waals surface area contributed by atoms with Gasteiger partial charge in [0.25, 0.3) is 5.91 Å². The second-order valence-corrected chi connectivity index (χ2v) is 5.34. The predicted molar refractivity (Wildman–Crippen MR) is 82.8 cm³/mol. The second-order valence-electron chi connectivity index (χ2n) is 4.93. The van der Waals surface area contributed by atoms with Crippen molar-refractivity contribution in [2.45, 2.75) is 32.9 Å². The Bertz CT molecular complexity index is 625. The van der Waals surface area contributed by atoms with Gasteiger partial charge in [0.15, 0.2) is 6.10 Å². The fourth-order valence-corrected chi connectivity index (χ4v) is 2.02. The van der Waals surface area contributed by atoms with Gasteiger partial charge in [-0.15, -0.1) is 0 Å². The predicted octanol–water partition coefficient (Wildman–Crippen LogP) is 3.52. The first-order chi connectivity index (χ1) is 9.99. The normalized spacial score (nSPS) is 12.2. The van der Waals surface area contributed by atoms with Crippen LogP contribution in [0.25, 0.3) is 0 Å². The Morgan fingerprint density at radius 3 is 2.67 bits per heavy atom. The van der Waals surface area contributed by atoms with Gasteiger partial charge in [0.2, 0.25) is 0 Å². The van der Waals surface area contributed by atoms with E-state index < -0.39 is 6.10 Å². The van der Waals surface area contributed by atoms with E-state index in [9.17, 15) is 4.79 Å². The lowest BCUT2D eigenvalue weighted by atomic mass is 10.3. The lowest BCUT2D eigenvalue weighted by Gasteiger charge is -2.17. The van der Waals surface area contributed by atoms with Crippen LogP contribution >= 0.6 is 11.6 Å². The maximum absolute atomic E-state index is 12.2. The van der Waals surface area contributed by atoms with Crippen molar-refractivity contribution in [3.05, 3.63) is 41.6 Å². The van der Waals surface area contributed by atoms with E-state index in [0.29, 0.717) is 16.6 Å². The summed E-state index contributed by atoms with van der Waals surface area (Å²) in [6.45, 7) is 5.66. The highest BCUT2D eigenvalue weighted by Gasteiger charge is 2.18. The molecule has 0 aliphatic rings. The van der Waals surface area contributed by atoms with Crippen LogP contribution < -0.4 is 10.1 Å². The monoisotopic (exact) mass is 307 g/mol. The third-order valence-electron chi connectivity index (χ3n) is 2.92. The maximum Gasteiger partial charge on any atom is 0.266 e. The zero-order chi connectivity index (χ0) is 15.4. The number of rotatable bonds is 5. The molecule has 0 aliphatic carbocycles. The van der Waals surface area contributed by atoms with Gasteiger partial charge >= 0.3 is 0 Å². The largest absolute Gasteiger partial charge is 0.479 e. The molecule has 112 valence electrons. The van der Waals surface area contributed by atoms with E-state index >= 15 is 0 Å². The number of anilines is 1. The van der Waals surface area contributed by atoms with Crippen molar-refractivity contribution < 1.29 is 9.53 Å². The average molecular weight is 308 g/mol. The van der Waals surface area contributed by atoms with Crippen molar-refractivity contribution in [2.24, 2.45) is 0 Å². The Kier molecular flexibility index (Phi) is 4.85. The van der Waals surface area contributed by atoms with Gasteiger partial charge in [-0.05, 0) is 32.9 Å². The number of carbonyl (C=O) groups excluding carboxylic acids is 1. The van der Waals surface area contributed by atoms with Crippen LogP contribution in [0, 0.1) is 0 Å². The Morgan fingerprint density at radius 1 is 1.29 bits per heavy atom. The van der Waals surface area contributed by atoms with E-state index in [1.54, 1.807) is 48.1 Å². The molecule has 0 saturated carbocycles. The minimum Gasteiger partial charge on any atom is -0.479 e. The number of para-hydroxylation sites is 1. The van der Waals surface area contributed by atoms with E-state index in [-0.39, 0.29) is 11.9 Å². The Balaban J connectivity index is 2.03. The number of aromatic nitrogens is 2. The smallest absolute Gasteiger partial charge is 0.266 e. The molecular formula is C15H18ClN3O2. The first-order valence-electron chi connectivity index (χ1n) is 6.74. The molecule has 1 aromatic heterocycles. The molecule has 1 aromatic carbocycles. The summed E-state index contributed by atoms with van der Waals surface area (Å²) in [5.74, 6) is 0.876. The second kappa shape index (κ2) is 6.63. The first-order valence-corrected chi connectivity index (χ1v) is 7.12. The van der Waals surface area contributed by atoms with Crippen molar-refractivity contribution in [2.75, 3.05) is 5.32 Å². The molecule has 0 fully saturated rings. The van der Waals surface area contributed by atoms with Gasteiger partial charge in [0, 0.05) is 12.1 Å². The van der Waals surface area contributed by atoms with Crippen LogP contribution in [-0.2, 0) is 4.79 Å². The maximum atomic E-state index is 12.2. The third kappa shape index (κ3) is 3.76. The highest BCUT2D eigenvalue weighted by Crippen LogP contribution is 2.24. The number of nitrogens with zero attached hydrogens (tertiary/aromatic N) is 2. The minimum atomic E-state index is -0.666. The lowest BCUT2D eigenvalue weighted by molar-refractivity contribution is -0.122. The zero-order valence-corrected chi connectivity index (χ0v) is 13.0. The van der Waals surface area contributed by atoms with E-state index in [2.05, 4.69) is 10.4 Å². The molecule has 0 aliphatic heterocycles. The number of halogens is 1. The van der Waals surface area contributed by atoms with Gasteiger partial charge in [-0.2, -0.15) is 5.10 Å². The number of ether oxygens (including phenoxy) is 1. The fourth-order valence-electron chi connectivity index (χ4n) is 1.84. The molecule has 1 N–H and O–H groups in total. The van der Waals surface area contributed by atoms with Crippen LogP contribution in [0.1, 0.15) is 26.8 Å². The van der Waals surface area contributed by atoms with Crippen LogP contribution in [0.15, 0.2) is 36.5 Å². The molecule has 1 heterocycles. The number of hydrogen-bond acceptors (Lipinski definition) is 3. The van der Waals surface area contributed by atoms with Gasteiger partial charge in [0.1, 0.15) is 11.6 Å². The van der Waals surface area contributed by atoms with Crippen LogP contribution in [0.4, 0.5) is 5.82 Å². The van der Waals surface area contributed by atoms with Gasteiger partial charge in [-0.1, -0.05) is 23.7 Å². The highest BCUT2D eigenvalue weighted by molar-refractivity contribution is 6.32. The fraction of sp³-hybridized carbons (Fsp3) is 0.333. The zero-order valence-electron chi connectivity index (χ0n) is 12.2. The quantitative estimate of drug-likeness (QED) is 0.919. The van der Waals surface area contributed by atoms with Crippen LogP contribution in [-0.4, -0.2) is 21.8 Å². The first kappa shape index (κ1) is 15.4. The molecular weight excluding hydrogens is 290 g/mol. The summed E-state index contributed by atoms with van der Waals surface area (Å²) in [7, 11) is 0. The van der Waals surface area contributed by atoms with Crippen molar-refractivity contribution in [3.63, 3.8) is 0 Å². The van der Waals surface area contributed by atoms with Gasteiger partial charge in [-0.25, -0.2) is 4.68 Å². The summed E-state index contributed by atoms with van der Waals surface area (Å²) in [5, 5.41) is 7.45. The number of amides is 1. The Labute approximate surface area is 128 Å². The highest BCUT2D eigenvalue weighted by atomic mass is 35.5. The molecule has 6 heteroatoms. The molecule has 0 radical (unpaired) electrons. The Morgan fingerprint density at radius 2 is 2.00 bits per heavy atom. The number of carbonyl (C=O) groups is 1. The summed E-state index contributed by atoms with van der Waals surface area (Å²) in [5.41, 5.74) is 0. The van der Waals surface area contributed by atoms with E-state index in [0.717, 1.165) is 0 Å². The molecule has 21 heavy (non-hydrogen) atoms. The molecule has 1 amide bonds. The summed E-state index contributed by atoms with van der Waals surface area (Å²) in [6.07, 6.45) is 0.982. The van der Waals surface area contributed by atoms with Crippen molar-refractivity contribution in [1.82, 2.24) is 9.78 Å². The SMILES string of the molecule is CC(Oc1ccccc1Cl)C(=O)Nc1ccnn1C(C)C. The molecule has 2 rings (SSSR count). The molecule has 5 nitrogen and oxygen atoms in total. The van der Waals surface area contributed by atoms with Crippen LogP contribution in [0.5, 0.6) is 5.75 Å². The number of hydrogen-bond donors (Lipinski definition) is 1. The van der Waals surface area contributed by atoms with E-state index in [1.165, 1.54) is 0 Å². The van der Waals surface area contributed by atoms with Crippen molar-refractivity contribution in [1.29, 1.82) is 0 Å². The summed E-state index contributed by atoms with van der Waals surface area (Å²) in [6, 6.07) is 8.97. The van der Waals surface area contributed by atoms with Crippen molar-refractivity contribution in [3.8, 4) is 5.75 Å². The molecule has 1 unspecified atom stereocenters.